The van der Waals surface area contributed by atoms with Crippen molar-refractivity contribution in [3.63, 3.8) is 0 Å². The van der Waals surface area contributed by atoms with Crippen molar-refractivity contribution in [2.75, 3.05) is 12.4 Å². The molecule has 0 saturated carbocycles. The molecule has 1 amide bonds. The molecular formula is C16H12N2O4. The molecule has 22 heavy (non-hydrogen) atoms. The second kappa shape index (κ2) is 6.41. The van der Waals surface area contributed by atoms with Crippen LogP contribution >= 0.6 is 0 Å². The van der Waals surface area contributed by atoms with E-state index in [9.17, 15) is 14.7 Å². The van der Waals surface area contributed by atoms with Gasteiger partial charge in [-0.3, -0.25) is 4.79 Å². The molecule has 0 fully saturated rings. The highest BCUT2D eigenvalue weighted by Gasteiger charge is 2.12. The first-order chi connectivity index (χ1) is 10.5. The van der Waals surface area contributed by atoms with Crippen molar-refractivity contribution < 1.29 is 19.4 Å². The summed E-state index contributed by atoms with van der Waals surface area (Å²) in [6.45, 7) is 0. The van der Waals surface area contributed by atoms with Crippen LogP contribution in [0.3, 0.4) is 0 Å². The van der Waals surface area contributed by atoms with Crippen LogP contribution in [0.1, 0.15) is 26.3 Å². The number of rotatable bonds is 3. The number of carbonyl (C=O) groups excluding carboxylic acids is 2. The Bertz CT molecular complexity index is 778. The number of nitrogens with one attached hydrogen (secondary N) is 1. The summed E-state index contributed by atoms with van der Waals surface area (Å²) in [5.74, 6) is -1.32. The van der Waals surface area contributed by atoms with E-state index < -0.39 is 11.9 Å². The lowest BCUT2D eigenvalue weighted by atomic mass is 10.1. The van der Waals surface area contributed by atoms with Gasteiger partial charge in [0.25, 0.3) is 5.91 Å². The molecule has 0 aliphatic carbocycles. The van der Waals surface area contributed by atoms with Crippen LogP contribution in [0.5, 0.6) is 5.75 Å². The third-order valence-electron chi connectivity index (χ3n) is 2.92. The highest BCUT2D eigenvalue weighted by atomic mass is 16.5. The largest absolute Gasteiger partial charge is 0.506 e. The van der Waals surface area contributed by atoms with Gasteiger partial charge in [0, 0.05) is 5.56 Å². The molecule has 0 bridgehead atoms. The van der Waals surface area contributed by atoms with Gasteiger partial charge in [-0.1, -0.05) is 6.07 Å². The number of methoxy groups -OCH3 is 1. The van der Waals surface area contributed by atoms with Crippen LogP contribution in [-0.2, 0) is 4.74 Å². The smallest absolute Gasteiger partial charge is 0.337 e. The Kier molecular flexibility index (Phi) is 4.39. The Morgan fingerprint density at radius 1 is 1.18 bits per heavy atom. The summed E-state index contributed by atoms with van der Waals surface area (Å²) < 4.78 is 4.54. The van der Waals surface area contributed by atoms with Crippen molar-refractivity contribution in [3.8, 4) is 11.8 Å². The molecule has 0 unspecified atom stereocenters. The van der Waals surface area contributed by atoms with Crippen LogP contribution in [0.25, 0.3) is 0 Å². The summed E-state index contributed by atoms with van der Waals surface area (Å²) in [4.78, 5) is 23.4. The van der Waals surface area contributed by atoms with Crippen LogP contribution in [0.2, 0.25) is 0 Å². The van der Waals surface area contributed by atoms with Crippen LogP contribution in [-0.4, -0.2) is 24.1 Å². The minimum atomic E-state index is -0.588. The van der Waals surface area contributed by atoms with Crippen LogP contribution in [0.15, 0.2) is 42.5 Å². The zero-order chi connectivity index (χ0) is 16.1. The fourth-order valence-corrected chi connectivity index (χ4v) is 1.81. The van der Waals surface area contributed by atoms with Crippen molar-refractivity contribution in [2.24, 2.45) is 0 Å². The first-order valence-electron chi connectivity index (χ1n) is 6.28. The number of nitrogens with zero attached hydrogens (tertiary/aromatic N) is 1. The zero-order valence-corrected chi connectivity index (χ0v) is 11.7. The van der Waals surface area contributed by atoms with Crippen molar-refractivity contribution in [3.05, 3.63) is 59.2 Å². The lowest BCUT2D eigenvalue weighted by molar-refractivity contribution is 0.0600. The number of amides is 1. The first kappa shape index (κ1) is 15.1. The Labute approximate surface area is 126 Å². The van der Waals surface area contributed by atoms with Crippen LogP contribution in [0, 0.1) is 11.3 Å². The number of anilines is 1. The highest BCUT2D eigenvalue weighted by molar-refractivity contribution is 6.05. The van der Waals surface area contributed by atoms with E-state index in [1.54, 1.807) is 18.2 Å². The molecule has 6 nitrogen and oxygen atoms in total. The lowest BCUT2D eigenvalue weighted by Crippen LogP contribution is -2.12. The second-order valence-corrected chi connectivity index (χ2v) is 4.37. The predicted octanol–water partition coefficient (Wildman–Crippen LogP) is 2.30. The van der Waals surface area contributed by atoms with E-state index in [1.807, 2.05) is 6.07 Å². The number of nitriles is 1. The molecule has 0 spiro atoms. The first-order valence-corrected chi connectivity index (χ1v) is 6.28. The summed E-state index contributed by atoms with van der Waals surface area (Å²) in [7, 11) is 1.23. The topological polar surface area (TPSA) is 99.4 Å². The fourth-order valence-electron chi connectivity index (χ4n) is 1.81. The van der Waals surface area contributed by atoms with Crippen molar-refractivity contribution in [1.82, 2.24) is 0 Å². The summed E-state index contributed by atoms with van der Waals surface area (Å²) in [5.41, 5.74) is 0.970. The monoisotopic (exact) mass is 296 g/mol. The average molecular weight is 296 g/mol. The molecular weight excluding hydrogens is 284 g/mol. The van der Waals surface area contributed by atoms with Gasteiger partial charge in [-0.05, 0) is 36.4 Å². The molecule has 2 aromatic carbocycles. The molecule has 0 aromatic heterocycles. The van der Waals surface area contributed by atoms with Gasteiger partial charge >= 0.3 is 5.97 Å². The third kappa shape index (κ3) is 3.22. The quantitative estimate of drug-likeness (QED) is 0.668. The summed E-state index contributed by atoms with van der Waals surface area (Å²) in [6, 6.07) is 12.1. The summed E-state index contributed by atoms with van der Waals surface area (Å²) >= 11 is 0. The number of benzene rings is 2. The molecule has 6 heteroatoms. The standard InChI is InChI=1S/C16H12N2O4/c1-22-16(21)12-5-6-13(14(19)8-12)18-15(20)11-4-2-3-10(7-11)9-17/h2-8,19H,1H3,(H,18,20). The van der Waals surface area contributed by atoms with E-state index in [0.717, 1.165) is 0 Å². The Morgan fingerprint density at radius 2 is 1.95 bits per heavy atom. The summed E-state index contributed by atoms with van der Waals surface area (Å²) in [6.07, 6.45) is 0. The van der Waals surface area contributed by atoms with Gasteiger partial charge in [0.15, 0.2) is 0 Å². The van der Waals surface area contributed by atoms with Gasteiger partial charge < -0.3 is 15.2 Å². The van der Waals surface area contributed by atoms with Gasteiger partial charge in [-0.2, -0.15) is 5.26 Å². The highest BCUT2D eigenvalue weighted by Crippen LogP contribution is 2.25. The van der Waals surface area contributed by atoms with Gasteiger partial charge in [-0.25, -0.2) is 4.79 Å². The van der Waals surface area contributed by atoms with Gasteiger partial charge in [0.1, 0.15) is 5.75 Å². The summed E-state index contributed by atoms with van der Waals surface area (Å²) in [5, 5.41) is 21.2. The van der Waals surface area contributed by atoms with E-state index in [0.29, 0.717) is 5.56 Å². The number of phenols is 1. The maximum Gasteiger partial charge on any atom is 0.337 e. The minimum Gasteiger partial charge on any atom is -0.506 e. The second-order valence-electron chi connectivity index (χ2n) is 4.37. The van der Waals surface area contributed by atoms with Gasteiger partial charge in [0.05, 0.1) is 30.0 Å². The van der Waals surface area contributed by atoms with Gasteiger partial charge in [-0.15, -0.1) is 0 Å². The van der Waals surface area contributed by atoms with E-state index in [-0.39, 0.29) is 22.6 Å². The fraction of sp³-hybridized carbons (Fsp3) is 0.0625. The SMILES string of the molecule is COC(=O)c1ccc(NC(=O)c2cccc(C#N)c2)c(O)c1. The molecule has 0 heterocycles. The third-order valence-corrected chi connectivity index (χ3v) is 2.92. The Balaban J connectivity index is 2.21. The van der Waals surface area contributed by atoms with E-state index >= 15 is 0 Å². The minimum absolute atomic E-state index is 0.153. The lowest BCUT2D eigenvalue weighted by Gasteiger charge is -2.08. The van der Waals surface area contributed by atoms with E-state index in [4.69, 9.17) is 5.26 Å². The van der Waals surface area contributed by atoms with Crippen molar-refractivity contribution >= 4 is 17.6 Å². The molecule has 0 aliphatic rings. The Hall–Kier alpha value is -3.33. The maximum atomic E-state index is 12.1. The molecule has 2 N–H and O–H groups in total. The Morgan fingerprint density at radius 3 is 2.59 bits per heavy atom. The molecule has 110 valence electrons. The van der Waals surface area contributed by atoms with Crippen molar-refractivity contribution in [1.29, 1.82) is 5.26 Å². The normalized spacial score (nSPS) is 9.64. The molecule has 0 saturated heterocycles. The number of carbonyl (C=O) groups is 2. The number of hydrogen-bond donors (Lipinski definition) is 2. The van der Waals surface area contributed by atoms with Gasteiger partial charge in [0.2, 0.25) is 0 Å². The number of esters is 1. The van der Waals surface area contributed by atoms with Crippen LogP contribution in [0.4, 0.5) is 5.69 Å². The van der Waals surface area contributed by atoms with Crippen LogP contribution < -0.4 is 5.32 Å². The van der Waals surface area contributed by atoms with E-state index in [1.165, 1.54) is 31.4 Å². The number of ether oxygens (including phenoxy) is 1. The zero-order valence-electron chi connectivity index (χ0n) is 11.7. The molecule has 2 rings (SSSR count). The molecule has 0 radical (unpaired) electrons. The van der Waals surface area contributed by atoms with E-state index in [2.05, 4.69) is 10.1 Å². The molecule has 0 aliphatic heterocycles. The molecule has 0 atom stereocenters. The maximum absolute atomic E-state index is 12.1. The number of hydrogen-bond acceptors (Lipinski definition) is 5. The predicted molar refractivity (Wildman–Crippen MR) is 78.6 cm³/mol. The number of phenolic OH excluding ortho intramolecular Hbond substituents is 1. The average Bonchev–Trinajstić information content (AvgIpc) is 2.55. The molecule has 2 aromatic rings. The number of aromatic hydroxyl groups is 1. The van der Waals surface area contributed by atoms with Crippen molar-refractivity contribution in [2.45, 2.75) is 0 Å².